The molecule has 0 aromatic heterocycles. The van der Waals surface area contributed by atoms with Crippen LogP contribution in [0.15, 0.2) is 18.2 Å². The minimum Gasteiger partial charge on any atom is -0.366 e. The Labute approximate surface area is 133 Å². The maximum atomic E-state index is 2.54. The van der Waals surface area contributed by atoms with Crippen molar-refractivity contribution >= 4 is 5.69 Å². The highest BCUT2D eigenvalue weighted by atomic mass is 15.2. The summed E-state index contributed by atoms with van der Waals surface area (Å²) in [6.45, 7) is 23.0. The van der Waals surface area contributed by atoms with Crippen LogP contribution < -0.4 is 4.90 Å². The minimum atomic E-state index is 0.224. The van der Waals surface area contributed by atoms with E-state index in [1.807, 2.05) is 27.7 Å². The van der Waals surface area contributed by atoms with Gasteiger partial charge in [-0.3, -0.25) is 0 Å². The first kappa shape index (κ1) is 20.0. The molecule has 0 radical (unpaired) electrons. The number of fused-ring (bicyclic) bond motifs is 1. The molecule has 1 heterocycles. The Hall–Kier alpha value is -0.980. The smallest absolute Gasteiger partial charge is 0.0406 e. The van der Waals surface area contributed by atoms with E-state index in [-0.39, 0.29) is 11.0 Å². The highest BCUT2D eigenvalue weighted by Gasteiger charge is 2.31. The van der Waals surface area contributed by atoms with Gasteiger partial charge in [-0.25, -0.2) is 0 Å². The predicted molar refractivity (Wildman–Crippen MR) is 98.6 cm³/mol. The molecule has 122 valence electrons. The molecule has 0 N–H and O–H groups in total. The van der Waals surface area contributed by atoms with Crippen LogP contribution in [0.2, 0.25) is 0 Å². The van der Waals surface area contributed by atoms with Crippen LogP contribution in [0.25, 0.3) is 0 Å². The highest BCUT2D eigenvalue weighted by Crippen LogP contribution is 2.39. The molecule has 2 rings (SSSR count). The van der Waals surface area contributed by atoms with Crippen molar-refractivity contribution in [2.24, 2.45) is 0 Å². The average Bonchev–Trinajstić information content (AvgIpc) is 2.85. The fraction of sp³-hybridized carbons (Fsp3) is 0.700. The predicted octanol–water partition coefficient (Wildman–Crippen LogP) is 6.20. The Balaban J connectivity index is 0.000000921. The third-order valence-electron chi connectivity index (χ3n) is 3.65. The van der Waals surface area contributed by atoms with Gasteiger partial charge in [-0.15, -0.1) is 0 Å². The zero-order chi connectivity index (χ0) is 16.8. The molecular weight excluding hydrogens is 254 g/mol. The Morgan fingerprint density at radius 3 is 1.81 bits per heavy atom. The number of anilines is 1. The van der Waals surface area contributed by atoms with Gasteiger partial charge < -0.3 is 4.90 Å². The van der Waals surface area contributed by atoms with Crippen molar-refractivity contribution in [3.63, 3.8) is 0 Å². The second-order valence-electron chi connectivity index (χ2n) is 7.13. The maximum Gasteiger partial charge on any atom is 0.0406 e. The number of benzene rings is 1. The van der Waals surface area contributed by atoms with Gasteiger partial charge in [0.25, 0.3) is 0 Å². The van der Waals surface area contributed by atoms with E-state index in [1.165, 1.54) is 17.7 Å². The van der Waals surface area contributed by atoms with E-state index in [0.717, 1.165) is 6.54 Å². The van der Waals surface area contributed by atoms with E-state index in [4.69, 9.17) is 0 Å². The highest BCUT2D eigenvalue weighted by molar-refractivity contribution is 5.63. The summed E-state index contributed by atoms with van der Waals surface area (Å²) in [5.74, 6) is 0. The molecule has 0 bridgehead atoms. The molecule has 1 aromatic carbocycles. The third-order valence-corrected chi connectivity index (χ3v) is 3.65. The summed E-state index contributed by atoms with van der Waals surface area (Å²) >= 11 is 0. The fourth-order valence-corrected chi connectivity index (χ4v) is 2.83. The molecule has 1 heteroatoms. The summed E-state index contributed by atoms with van der Waals surface area (Å²) in [4.78, 5) is 2.54. The van der Waals surface area contributed by atoms with Crippen LogP contribution in [-0.4, -0.2) is 12.1 Å². The molecule has 1 aromatic rings. The second-order valence-corrected chi connectivity index (χ2v) is 7.13. The van der Waals surface area contributed by atoms with Crippen LogP contribution in [0.3, 0.4) is 0 Å². The number of hydrogen-bond donors (Lipinski definition) is 0. The van der Waals surface area contributed by atoms with Crippen LogP contribution in [0.4, 0.5) is 5.69 Å². The van der Waals surface area contributed by atoms with Crippen molar-refractivity contribution < 1.29 is 0 Å². The maximum absolute atomic E-state index is 2.54. The average molecular weight is 292 g/mol. The first-order chi connectivity index (χ1) is 9.71. The van der Waals surface area contributed by atoms with Crippen LogP contribution in [0, 0.1) is 0 Å². The van der Waals surface area contributed by atoms with Crippen molar-refractivity contribution in [1.29, 1.82) is 0 Å². The van der Waals surface area contributed by atoms with Crippen LogP contribution in [0.1, 0.15) is 80.4 Å². The Kier molecular flexibility index (Phi) is 7.50. The molecule has 0 saturated carbocycles. The van der Waals surface area contributed by atoms with Gasteiger partial charge in [0.15, 0.2) is 0 Å². The molecule has 0 aliphatic carbocycles. The van der Waals surface area contributed by atoms with Gasteiger partial charge in [-0.05, 0) is 49.8 Å². The fourth-order valence-electron chi connectivity index (χ4n) is 2.83. The molecule has 21 heavy (non-hydrogen) atoms. The normalized spacial score (nSPS) is 13.7. The molecule has 1 aliphatic rings. The van der Waals surface area contributed by atoms with Crippen molar-refractivity contribution in [2.45, 2.75) is 86.6 Å². The van der Waals surface area contributed by atoms with E-state index in [1.54, 1.807) is 5.56 Å². The molecule has 0 amide bonds. The summed E-state index contributed by atoms with van der Waals surface area (Å²) < 4.78 is 0. The zero-order valence-corrected chi connectivity index (χ0v) is 16.1. The zero-order valence-electron chi connectivity index (χ0n) is 16.1. The van der Waals surface area contributed by atoms with Gasteiger partial charge >= 0.3 is 0 Å². The Morgan fingerprint density at radius 1 is 0.857 bits per heavy atom. The van der Waals surface area contributed by atoms with E-state index in [0.29, 0.717) is 0 Å². The lowest BCUT2D eigenvalue weighted by atomic mass is 9.83. The monoisotopic (exact) mass is 291 g/mol. The van der Waals surface area contributed by atoms with Gasteiger partial charge in [0, 0.05) is 17.8 Å². The van der Waals surface area contributed by atoms with Crippen LogP contribution >= 0.6 is 0 Å². The molecular formula is C20H37N. The van der Waals surface area contributed by atoms with Gasteiger partial charge in [0.1, 0.15) is 0 Å². The summed E-state index contributed by atoms with van der Waals surface area (Å²) in [5.41, 5.74) is 5.00. The van der Waals surface area contributed by atoms with Gasteiger partial charge in [-0.1, -0.05) is 60.6 Å². The van der Waals surface area contributed by atoms with Gasteiger partial charge in [-0.2, -0.15) is 0 Å². The molecule has 0 atom stereocenters. The Bertz CT molecular complexity index is 418. The SMILES string of the molecule is CC.CC.CC(C)(C)c1cccc2c1CCN2C(C)(C)C. The topological polar surface area (TPSA) is 3.24 Å². The van der Waals surface area contributed by atoms with E-state index in [2.05, 4.69) is 64.6 Å². The van der Waals surface area contributed by atoms with Crippen LogP contribution in [0.5, 0.6) is 0 Å². The Morgan fingerprint density at radius 2 is 1.38 bits per heavy atom. The van der Waals surface area contributed by atoms with Gasteiger partial charge in [0.2, 0.25) is 0 Å². The molecule has 1 aliphatic heterocycles. The largest absolute Gasteiger partial charge is 0.366 e. The molecule has 1 nitrogen and oxygen atoms in total. The molecule has 0 unspecified atom stereocenters. The first-order valence-corrected chi connectivity index (χ1v) is 8.61. The van der Waals surface area contributed by atoms with Crippen molar-refractivity contribution in [1.82, 2.24) is 0 Å². The number of nitrogens with zero attached hydrogens (tertiary/aromatic N) is 1. The quantitative estimate of drug-likeness (QED) is 0.550. The first-order valence-electron chi connectivity index (χ1n) is 8.61. The standard InChI is InChI=1S/C16H25N.2C2H6/c1-15(2,3)13-8-7-9-14-12(13)10-11-17(14)16(4,5)6;2*1-2/h7-9H,10-11H2,1-6H3;2*1-2H3. The third kappa shape index (κ3) is 4.76. The van der Waals surface area contributed by atoms with Crippen molar-refractivity contribution in [3.05, 3.63) is 29.3 Å². The molecule has 0 fully saturated rings. The summed E-state index contributed by atoms with van der Waals surface area (Å²) in [7, 11) is 0. The minimum absolute atomic E-state index is 0.224. The summed E-state index contributed by atoms with van der Waals surface area (Å²) in [6, 6.07) is 6.79. The number of rotatable bonds is 0. The van der Waals surface area contributed by atoms with Crippen LogP contribution in [-0.2, 0) is 11.8 Å². The summed E-state index contributed by atoms with van der Waals surface area (Å²) in [6.07, 6.45) is 1.19. The molecule has 0 spiro atoms. The lowest BCUT2D eigenvalue weighted by Gasteiger charge is -2.35. The lowest BCUT2D eigenvalue weighted by molar-refractivity contribution is 0.518. The van der Waals surface area contributed by atoms with E-state index < -0.39 is 0 Å². The van der Waals surface area contributed by atoms with Crippen molar-refractivity contribution in [3.8, 4) is 0 Å². The van der Waals surface area contributed by atoms with E-state index >= 15 is 0 Å². The van der Waals surface area contributed by atoms with Crippen molar-refractivity contribution in [2.75, 3.05) is 11.4 Å². The molecule has 0 saturated heterocycles. The summed E-state index contributed by atoms with van der Waals surface area (Å²) in [5, 5.41) is 0. The van der Waals surface area contributed by atoms with Gasteiger partial charge in [0.05, 0.1) is 0 Å². The second kappa shape index (κ2) is 7.87. The van der Waals surface area contributed by atoms with E-state index in [9.17, 15) is 0 Å². The lowest BCUT2D eigenvalue weighted by Crippen LogP contribution is -2.40. The number of hydrogen-bond acceptors (Lipinski definition) is 1.